The van der Waals surface area contributed by atoms with E-state index in [1.54, 1.807) is 13.0 Å². The molecule has 1 atom stereocenters. The van der Waals surface area contributed by atoms with Gasteiger partial charge < -0.3 is 9.84 Å². The van der Waals surface area contributed by atoms with Crippen molar-refractivity contribution in [3.05, 3.63) is 29.6 Å². The average molecular weight is 224 g/mol. The van der Waals surface area contributed by atoms with Crippen LogP contribution in [0.3, 0.4) is 0 Å². The highest BCUT2D eigenvalue weighted by atomic mass is 19.1. The zero-order chi connectivity index (χ0) is 11.5. The van der Waals surface area contributed by atoms with E-state index in [1.807, 2.05) is 0 Å². The van der Waals surface area contributed by atoms with Crippen molar-refractivity contribution in [3.8, 4) is 5.75 Å². The van der Waals surface area contributed by atoms with Crippen LogP contribution in [0.1, 0.15) is 25.3 Å². The van der Waals surface area contributed by atoms with Gasteiger partial charge >= 0.3 is 0 Å². The zero-order valence-electron chi connectivity index (χ0n) is 9.45. The van der Waals surface area contributed by atoms with Gasteiger partial charge in [0.1, 0.15) is 11.6 Å². The molecule has 0 saturated heterocycles. The highest BCUT2D eigenvalue weighted by Crippen LogP contribution is 2.30. The van der Waals surface area contributed by atoms with Crippen LogP contribution in [0.5, 0.6) is 5.75 Å². The lowest BCUT2D eigenvalue weighted by Crippen LogP contribution is -2.08. The van der Waals surface area contributed by atoms with Crippen molar-refractivity contribution in [2.75, 3.05) is 6.61 Å². The largest absolute Gasteiger partial charge is 0.493 e. The number of hydrogen-bond acceptors (Lipinski definition) is 2. The Morgan fingerprint density at radius 3 is 2.88 bits per heavy atom. The fraction of sp³-hybridized carbons (Fsp3) is 0.538. The molecule has 0 spiro atoms. The van der Waals surface area contributed by atoms with Gasteiger partial charge in [0.05, 0.1) is 12.7 Å². The van der Waals surface area contributed by atoms with Gasteiger partial charge in [-0.3, -0.25) is 0 Å². The Bertz CT molecular complexity index is 359. The van der Waals surface area contributed by atoms with Gasteiger partial charge in [0.2, 0.25) is 0 Å². The number of ether oxygens (including phenoxy) is 1. The summed E-state index contributed by atoms with van der Waals surface area (Å²) in [7, 11) is 0. The van der Waals surface area contributed by atoms with Crippen molar-refractivity contribution < 1.29 is 14.2 Å². The molecule has 1 N–H and O–H groups in total. The average Bonchev–Trinajstić information content (AvgIpc) is 2.99. The van der Waals surface area contributed by atoms with Crippen LogP contribution in [-0.4, -0.2) is 17.8 Å². The molecule has 0 heterocycles. The van der Waals surface area contributed by atoms with E-state index in [1.165, 1.54) is 25.0 Å². The van der Waals surface area contributed by atoms with Crippen molar-refractivity contribution in [1.82, 2.24) is 0 Å². The van der Waals surface area contributed by atoms with Gasteiger partial charge in [0, 0.05) is 6.42 Å². The molecule has 2 nitrogen and oxygen atoms in total. The maximum Gasteiger partial charge on any atom is 0.123 e. The molecule has 3 heteroatoms. The van der Waals surface area contributed by atoms with Crippen molar-refractivity contribution in [3.63, 3.8) is 0 Å². The molecule has 0 radical (unpaired) electrons. The van der Waals surface area contributed by atoms with Crippen LogP contribution >= 0.6 is 0 Å². The van der Waals surface area contributed by atoms with Crippen molar-refractivity contribution in [1.29, 1.82) is 0 Å². The molecule has 88 valence electrons. The summed E-state index contributed by atoms with van der Waals surface area (Å²) in [5.41, 5.74) is 0.746. The van der Waals surface area contributed by atoms with E-state index in [4.69, 9.17) is 4.74 Å². The monoisotopic (exact) mass is 224 g/mol. The maximum absolute atomic E-state index is 13.1. The summed E-state index contributed by atoms with van der Waals surface area (Å²) in [5.74, 6) is 1.09. The molecule has 2 rings (SSSR count). The van der Waals surface area contributed by atoms with Crippen LogP contribution in [0.15, 0.2) is 18.2 Å². The van der Waals surface area contributed by atoms with Gasteiger partial charge in [-0.15, -0.1) is 0 Å². The maximum atomic E-state index is 13.1. The minimum atomic E-state index is -0.481. The summed E-state index contributed by atoms with van der Waals surface area (Å²) in [6.45, 7) is 2.40. The molecule has 1 saturated carbocycles. The second-order valence-electron chi connectivity index (χ2n) is 4.56. The summed E-state index contributed by atoms with van der Waals surface area (Å²) >= 11 is 0. The minimum Gasteiger partial charge on any atom is -0.493 e. The molecule has 1 aromatic rings. The van der Waals surface area contributed by atoms with Crippen molar-refractivity contribution in [2.45, 2.75) is 32.3 Å². The molecule has 0 aromatic heterocycles. The third-order valence-electron chi connectivity index (χ3n) is 2.71. The SMILES string of the molecule is CC(O)Cc1cc(F)ccc1OCC1CC1. The lowest BCUT2D eigenvalue weighted by molar-refractivity contribution is 0.193. The summed E-state index contributed by atoms with van der Waals surface area (Å²) in [5, 5.41) is 9.33. The Hall–Kier alpha value is -1.09. The van der Waals surface area contributed by atoms with Crippen LogP contribution in [0.25, 0.3) is 0 Å². The molecule has 16 heavy (non-hydrogen) atoms. The number of rotatable bonds is 5. The predicted molar refractivity (Wildman–Crippen MR) is 60.0 cm³/mol. The molecule has 1 aliphatic rings. The highest BCUT2D eigenvalue weighted by molar-refractivity contribution is 5.34. The van der Waals surface area contributed by atoms with E-state index in [9.17, 15) is 9.50 Å². The quantitative estimate of drug-likeness (QED) is 0.832. The fourth-order valence-electron chi connectivity index (χ4n) is 1.66. The Morgan fingerprint density at radius 2 is 2.25 bits per heavy atom. The minimum absolute atomic E-state index is 0.283. The first-order chi connectivity index (χ1) is 7.65. The number of aliphatic hydroxyl groups is 1. The zero-order valence-corrected chi connectivity index (χ0v) is 9.45. The van der Waals surface area contributed by atoms with Crippen LogP contribution in [-0.2, 0) is 6.42 Å². The van der Waals surface area contributed by atoms with E-state index in [0.717, 1.165) is 5.56 Å². The molecular weight excluding hydrogens is 207 g/mol. The van der Waals surface area contributed by atoms with Crippen molar-refractivity contribution in [2.24, 2.45) is 5.92 Å². The molecule has 1 aromatic carbocycles. The third kappa shape index (κ3) is 3.20. The van der Waals surface area contributed by atoms with E-state index < -0.39 is 6.10 Å². The fourth-order valence-corrected chi connectivity index (χ4v) is 1.66. The standard InChI is InChI=1S/C13H17FO2/c1-9(15)6-11-7-12(14)4-5-13(11)16-8-10-2-3-10/h4-5,7,9-10,15H,2-3,6,8H2,1H3. The normalized spacial score (nSPS) is 17.2. The second-order valence-corrected chi connectivity index (χ2v) is 4.56. The number of hydrogen-bond donors (Lipinski definition) is 1. The summed E-state index contributed by atoms with van der Waals surface area (Å²) in [6.07, 6.45) is 2.41. The summed E-state index contributed by atoms with van der Waals surface area (Å²) in [4.78, 5) is 0. The first kappa shape index (κ1) is 11.4. The van der Waals surface area contributed by atoms with Gasteiger partial charge in [-0.2, -0.15) is 0 Å². The number of aliphatic hydroxyl groups excluding tert-OH is 1. The lowest BCUT2D eigenvalue weighted by Gasteiger charge is -2.12. The second kappa shape index (κ2) is 4.83. The Kier molecular flexibility index (Phi) is 3.44. The van der Waals surface area contributed by atoms with E-state index in [2.05, 4.69) is 0 Å². The van der Waals surface area contributed by atoms with E-state index in [-0.39, 0.29) is 5.82 Å². The Balaban J connectivity index is 2.06. The molecule has 0 aliphatic heterocycles. The molecular formula is C13H17FO2. The summed E-state index contributed by atoms with van der Waals surface area (Å²) in [6, 6.07) is 4.48. The van der Waals surface area contributed by atoms with E-state index >= 15 is 0 Å². The Morgan fingerprint density at radius 1 is 1.50 bits per heavy atom. The van der Waals surface area contributed by atoms with Crippen LogP contribution < -0.4 is 4.74 Å². The van der Waals surface area contributed by atoms with Crippen LogP contribution in [0, 0.1) is 11.7 Å². The topological polar surface area (TPSA) is 29.5 Å². The van der Waals surface area contributed by atoms with Gasteiger partial charge in [0.25, 0.3) is 0 Å². The first-order valence-electron chi connectivity index (χ1n) is 5.74. The third-order valence-corrected chi connectivity index (χ3v) is 2.71. The molecule has 0 bridgehead atoms. The van der Waals surface area contributed by atoms with Gasteiger partial charge in [-0.05, 0) is 49.4 Å². The molecule has 0 amide bonds. The predicted octanol–water partition coefficient (Wildman–Crippen LogP) is 2.54. The first-order valence-corrected chi connectivity index (χ1v) is 5.74. The molecule has 1 aliphatic carbocycles. The van der Waals surface area contributed by atoms with Gasteiger partial charge in [-0.25, -0.2) is 4.39 Å². The smallest absolute Gasteiger partial charge is 0.123 e. The Labute approximate surface area is 95.1 Å². The van der Waals surface area contributed by atoms with Crippen LogP contribution in [0.4, 0.5) is 4.39 Å². The molecule has 1 fully saturated rings. The molecule has 1 unspecified atom stereocenters. The highest BCUT2D eigenvalue weighted by Gasteiger charge is 2.22. The van der Waals surface area contributed by atoms with Gasteiger partial charge in [-0.1, -0.05) is 0 Å². The summed E-state index contributed by atoms with van der Waals surface area (Å²) < 4.78 is 18.7. The number of halogens is 1. The lowest BCUT2D eigenvalue weighted by atomic mass is 10.1. The van der Waals surface area contributed by atoms with Gasteiger partial charge in [0.15, 0.2) is 0 Å². The van der Waals surface area contributed by atoms with Crippen LogP contribution in [0.2, 0.25) is 0 Å². The number of benzene rings is 1. The van der Waals surface area contributed by atoms with E-state index in [0.29, 0.717) is 24.7 Å². The van der Waals surface area contributed by atoms with Crippen molar-refractivity contribution >= 4 is 0 Å².